The molecule has 1 amide bonds. The number of sulfonamides is 1. The van der Waals surface area contributed by atoms with E-state index in [9.17, 15) is 13.2 Å². The molecule has 1 heterocycles. The molecule has 0 saturated heterocycles. The number of hydrogen-bond acceptors (Lipinski definition) is 5. The Hall–Kier alpha value is -1.58. The van der Waals surface area contributed by atoms with E-state index in [1.54, 1.807) is 6.07 Å². The molecule has 0 aliphatic carbocycles. The lowest BCUT2D eigenvalue weighted by molar-refractivity contribution is -0.119. The largest absolute Gasteiger partial charge is 0.353 e. The molecule has 2 aromatic rings. The number of carbonyl (C=O) groups excluding carboxylic acids is 1. The molecule has 0 spiro atoms. The minimum Gasteiger partial charge on any atom is -0.353 e. The van der Waals surface area contributed by atoms with Gasteiger partial charge in [-0.3, -0.25) is 4.79 Å². The van der Waals surface area contributed by atoms with Gasteiger partial charge in [-0.15, -0.1) is 0 Å². The van der Waals surface area contributed by atoms with Crippen molar-refractivity contribution in [2.45, 2.75) is 56.3 Å². The van der Waals surface area contributed by atoms with Gasteiger partial charge in [0.1, 0.15) is 0 Å². The number of thioether (sulfide) groups is 1. The molecule has 1 aromatic carbocycles. The Kier molecular flexibility index (Phi) is 6.47. The van der Waals surface area contributed by atoms with Crippen molar-refractivity contribution >= 4 is 38.7 Å². The van der Waals surface area contributed by atoms with Crippen molar-refractivity contribution in [3.05, 3.63) is 18.2 Å². The normalized spacial score (nSPS) is 13.1. The van der Waals surface area contributed by atoms with Crippen LogP contribution in [0.1, 0.15) is 33.6 Å². The number of aromatic nitrogens is 2. The van der Waals surface area contributed by atoms with Crippen LogP contribution in [0, 0.1) is 0 Å². The van der Waals surface area contributed by atoms with Crippen molar-refractivity contribution in [2.24, 2.45) is 5.14 Å². The van der Waals surface area contributed by atoms with Crippen LogP contribution in [0.15, 0.2) is 28.3 Å². The molecule has 7 nitrogen and oxygen atoms in total. The summed E-state index contributed by atoms with van der Waals surface area (Å²) in [4.78, 5) is 16.5. The van der Waals surface area contributed by atoms with Gasteiger partial charge in [-0.2, -0.15) is 0 Å². The average molecular weight is 385 g/mol. The van der Waals surface area contributed by atoms with Gasteiger partial charge in [0.15, 0.2) is 5.16 Å². The number of nitrogens with two attached hydrogens (primary N) is 1. The number of amides is 1. The van der Waals surface area contributed by atoms with Crippen LogP contribution in [0.3, 0.4) is 0 Å². The summed E-state index contributed by atoms with van der Waals surface area (Å²) in [5, 5.41) is 8.81. The van der Waals surface area contributed by atoms with Crippen molar-refractivity contribution in [1.29, 1.82) is 0 Å². The molecule has 138 valence electrons. The van der Waals surface area contributed by atoms with Crippen molar-refractivity contribution in [3.8, 4) is 0 Å². The summed E-state index contributed by atoms with van der Waals surface area (Å²) in [6.07, 6.45) is 1.77. The van der Waals surface area contributed by atoms with E-state index < -0.39 is 10.0 Å². The van der Waals surface area contributed by atoms with E-state index in [4.69, 9.17) is 5.14 Å². The summed E-state index contributed by atoms with van der Waals surface area (Å²) >= 11 is 1.35. The smallest absolute Gasteiger partial charge is 0.238 e. The molecule has 2 rings (SSSR count). The Labute approximate surface area is 152 Å². The molecule has 0 aliphatic rings. The number of benzene rings is 1. The average Bonchev–Trinajstić information content (AvgIpc) is 2.89. The second-order valence-corrected chi connectivity index (χ2v) is 8.41. The molecule has 0 aliphatic heterocycles. The highest BCUT2D eigenvalue weighted by Crippen LogP contribution is 2.26. The Morgan fingerprint density at radius 3 is 2.72 bits per heavy atom. The molecule has 9 heteroatoms. The van der Waals surface area contributed by atoms with E-state index in [1.807, 2.05) is 18.4 Å². The summed E-state index contributed by atoms with van der Waals surface area (Å²) < 4.78 is 25.1. The number of rotatable bonds is 8. The molecule has 1 aromatic heterocycles. The molecule has 25 heavy (non-hydrogen) atoms. The van der Waals surface area contributed by atoms with Crippen LogP contribution in [0.25, 0.3) is 11.0 Å². The monoisotopic (exact) mass is 384 g/mol. The number of aryl methyl sites for hydroxylation is 1. The van der Waals surface area contributed by atoms with Gasteiger partial charge in [-0.25, -0.2) is 18.5 Å². The molecular weight excluding hydrogens is 360 g/mol. The first-order valence-electron chi connectivity index (χ1n) is 8.21. The maximum atomic E-state index is 12.0. The van der Waals surface area contributed by atoms with E-state index >= 15 is 0 Å². The van der Waals surface area contributed by atoms with Gasteiger partial charge < -0.3 is 9.88 Å². The highest BCUT2D eigenvalue weighted by atomic mass is 32.2. The standard InChI is InChI=1S/C16H24N4O3S2/c1-4-8-20-14-7-6-12(25(17,22)23)9-13(14)19-16(20)24-10-15(21)18-11(3)5-2/h6-7,9,11H,4-5,8,10H2,1-3H3,(H,18,21)(H2,17,22,23)/t11-/m1/s1. The third kappa shape index (κ3) is 4.96. The second kappa shape index (κ2) is 8.20. The zero-order chi connectivity index (χ0) is 18.6. The number of fused-ring (bicyclic) bond motifs is 1. The van der Waals surface area contributed by atoms with E-state index in [1.165, 1.54) is 23.9 Å². The van der Waals surface area contributed by atoms with Crippen molar-refractivity contribution in [1.82, 2.24) is 14.9 Å². The predicted octanol–water partition coefficient (Wildman–Crippen LogP) is 2.10. The molecule has 0 radical (unpaired) electrons. The molecule has 1 atom stereocenters. The number of nitrogens with zero attached hydrogens (tertiary/aromatic N) is 2. The van der Waals surface area contributed by atoms with Crippen LogP contribution < -0.4 is 10.5 Å². The van der Waals surface area contributed by atoms with Crippen molar-refractivity contribution in [2.75, 3.05) is 5.75 Å². The molecule has 3 N–H and O–H groups in total. The van der Waals surface area contributed by atoms with E-state index in [0.29, 0.717) is 10.7 Å². The first kappa shape index (κ1) is 19.7. The summed E-state index contributed by atoms with van der Waals surface area (Å²) in [5.74, 6) is 0.221. The fourth-order valence-electron chi connectivity index (χ4n) is 2.36. The highest BCUT2D eigenvalue weighted by Gasteiger charge is 2.16. The number of nitrogens with one attached hydrogen (secondary N) is 1. The van der Waals surface area contributed by atoms with Gasteiger partial charge in [0.25, 0.3) is 0 Å². The van der Waals surface area contributed by atoms with Crippen LogP contribution in [-0.2, 0) is 21.4 Å². The zero-order valence-electron chi connectivity index (χ0n) is 14.7. The van der Waals surface area contributed by atoms with Gasteiger partial charge in [0, 0.05) is 12.6 Å². The minimum atomic E-state index is -3.77. The van der Waals surface area contributed by atoms with Gasteiger partial charge in [0.05, 0.1) is 21.7 Å². The van der Waals surface area contributed by atoms with Crippen molar-refractivity contribution in [3.63, 3.8) is 0 Å². The number of primary sulfonamides is 1. The lowest BCUT2D eigenvalue weighted by Crippen LogP contribution is -2.33. The molecule has 0 fully saturated rings. The lowest BCUT2D eigenvalue weighted by Gasteiger charge is -2.11. The zero-order valence-corrected chi connectivity index (χ0v) is 16.3. The first-order chi connectivity index (χ1) is 11.8. The van der Waals surface area contributed by atoms with E-state index in [2.05, 4.69) is 17.2 Å². The predicted molar refractivity (Wildman–Crippen MR) is 100 cm³/mol. The molecular formula is C16H24N4O3S2. The fourth-order valence-corrected chi connectivity index (χ4v) is 3.75. The van der Waals surface area contributed by atoms with Gasteiger partial charge in [0.2, 0.25) is 15.9 Å². The number of carbonyl (C=O) groups is 1. The van der Waals surface area contributed by atoms with Crippen LogP contribution in [0.4, 0.5) is 0 Å². The fraction of sp³-hybridized carbons (Fsp3) is 0.500. The highest BCUT2D eigenvalue weighted by molar-refractivity contribution is 7.99. The van der Waals surface area contributed by atoms with Crippen molar-refractivity contribution < 1.29 is 13.2 Å². The third-order valence-electron chi connectivity index (χ3n) is 3.81. The summed E-state index contributed by atoms with van der Waals surface area (Å²) in [7, 11) is -3.77. The Balaban J connectivity index is 2.29. The second-order valence-electron chi connectivity index (χ2n) is 5.91. The minimum absolute atomic E-state index is 0.0345. The van der Waals surface area contributed by atoms with Gasteiger partial charge in [-0.05, 0) is 38.0 Å². The lowest BCUT2D eigenvalue weighted by atomic mass is 10.3. The molecule has 0 saturated carbocycles. The van der Waals surface area contributed by atoms with Crippen LogP contribution in [-0.4, -0.2) is 35.7 Å². The molecule has 0 unspecified atom stereocenters. The van der Waals surface area contributed by atoms with Crippen LogP contribution in [0.5, 0.6) is 0 Å². The van der Waals surface area contributed by atoms with Gasteiger partial charge >= 0.3 is 0 Å². The van der Waals surface area contributed by atoms with Crippen LogP contribution >= 0.6 is 11.8 Å². The summed E-state index contributed by atoms with van der Waals surface area (Å²) in [6.45, 7) is 6.76. The Bertz CT molecular complexity index is 862. The van der Waals surface area contributed by atoms with E-state index in [0.717, 1.165) is 24.9 Å². The number of hydrogen-bond donors (Lipinski definition) is 2. The summed E-state index contributed by atoms with van der Waals surface area (Å²) in [6, 6.07) is 4.80. The Morgan fingerprint density at radius 1 is 1.40 bits per heavy atom. The van der Waals surface area contributed by atoms with E-state index in [-0.39, 0.29) is 22.6 Å². The number of imidazole rings is 1. The van der Waals surface area contributed by atoms with Gasteiger partial charge in [-0.1, -0.05) is 25.6 Å². The maximum absolute atomic E-state index is 12.0. The molecule has 0 bridgehead atoms. The van der Waals surface area contributed by atoms with Crippen LogP contribution in [0.2, 0.25) is 0 Å². The Morgan fingerprint density at radius 2 is 2.12 bits per heavy atom. The first-order valence-corrected chi connectivity index (χ1v) is 10.7. The maximum Gasteiger partial charge on any atom is 0.238 e. The summed E-state index contributed by atoms with van der Waals surface area (Å²) in [5.41, 5.74) is 1.39. The topological polar surface area (TPSA) is 107 Å². The SMILES string of the molecule is CCCn1c(SCC(=O)N[C@H](C)CC)nc2cc(S(N)(=O)=O)ccc21. The third-order valence-corrected chi connectivity index (χ3v) is 5.70. The quantitative estimate of drug-likeness (QED) is 0.678.